The molecule has 1 aromatic carbocycles. The van der Waals surface area contributed by atoms with Crippen LogP contribution in [0, 0.1) is 11.8 Å². The van der Waals surface area contributed by atoms with E-state index in [9.17, 15) is 4.79 Å². The highest BCUT2D eigenvalue weighted by Crippen LogP contribution is 2.01. The average molecular weight is 222 g/mol. The number of carbonyl (C=O) groups is 1. The third-order valence-corrected chi connectivity index (χ3v) is 2.09. The molecule has 1 heterocycles. The second kappa shape index (κ2) is 5.53. The van der Waals surface area contributed by atoms with E-state index in [2.05, 4.69) is 11.8 Å². The van der Waals surface area contributed by atoms with Crippen molar-refractivity contribution >= 4 is 11.9 Å². The molecular formula is C15H10O2. The number of ketones is 1. The van der Waals surface area contributed by atoms with Crippen LogP contribution in [0.4, 0.5) is 0 Å². The van der Waals surface area contributed by atoms with E-state index in [1.165, 1.54) is 6.26 Å². The number of hydrogen-bond donors (Lipinski definition) is 0. The Morgan fingerprint density at radius 2 is 1.94 bits per heavy atom. The van der Waals surface area contributed by atoms with Gasteiger partial charge in [-0.05, 0) is 35.8 Å². The van der Waals surface area contributed by atoms with Crippen LogP contribution >= 0.6 is 0 Å². The minimum absolute atomic E-state index is 0.269. The molecule has 0 radical (unpaired) electrons. The fourth-order valence-electron chi connectivity index (χ4n) is 1.28. The minimum atomic E-state index is -0.312. The smallest absolute Gasteiger partial charge is 0.271 e. The van der Waals surface area contributed by atoms with E-state index >= 15 is 0 Å². The van der Waals surface area contributed by atoms with Crippen LogP contribution in [0.1, 0.15) is 16.1 Å². The number of carbonyl (C=O) groups excluding carboxylic acids is 1. The standard InChI is InChI=1S/C15H10O2/c16-14(15-11-6-12-17-15)10-5-4-9-13-7-2-1-3-8-13/h1-4,6-9,11-12H/b9-4+. The summed E-state index contributed by atoms with van der Waals surface area (Å²) in [5.41, 5.74) is 1.05. The van der Waals surface area contributed by atoms with Gasteiger partial charge in [-0.1, -0.05) is 36.3 Å². The molecule has 2 nitrogen and oxygen atoms in total. The van der Waals surface area contributed by atoms with Gasteiger partial charge in [0.2, 0.25) is 0 Å². The van der Waals surface area contributed by atoms with Gasteiger partial charge in [0.25, 0.3) is 5.78 Å². The zero-order valence-corrected chi connectivity index (χ0v) is 9.09. The van der Waals surface area contributed by atoms with Crippen molar-refractivity contribution in [2.75, 3.05) is 0 Å². The molecule has 0 N–H and O–H groups in total. The van der Waals surface area contributed by atoms with Crippen molar-refractivity contribution in [2.24, 2.45) is 0 Å². The molecule has 0 saturated carbocycles. The Hall–Kier alpha value is -2.53. The fourth-order valence-corrected chi connectivity index (χ4v) is 1.28. The average Bonchev–Trinajstić information content (AvgIpc) is 2.89. The largest absolute Gasteiger partial charge is 0.460 e. The fraction of sp³-hybridized carbons (Fsp3) is 0. The van der Waals surface area contributed by atoms with Gasteiger partial charge in [-0.2, -0.15) is 0 Å². The number of allylic oxidation sites excluding steroid dienone is 1. The van der Waals surface area contributed by atoms with E-state index in [0.717, 1.165) is 5.56 Å². The van der Waals surface area contributed by atoms with Crippen molar-refractivity contribution in [3.63, 3.8) is 0 Å². The second-order valence-corrected chi connectivity index (χ2v) is 3.32. The summed E-state index contributed by atoms with van der Waals surface area (Å²) in [6.07, 6.45) is 4.95. The predicted molar refractivity (Wildman–Crippen MR) is 66.3 cm³/mol. The summed E-state index contributed by atoms with van der Waals surface area (Å²) >= 11 is 0. The molecule has 0 aliphatic heterocycles. The van der Waals surface area contributed by atoms with E-state index in [-0.39, 0.29) is 11.5 Å². The van der Waals surface area contributed by atoms with Gasteiger partial charge in [-0.3, -0.25) is 4.79 Å². The van der Waals surface area contributed by atoms with Crippen LogP contribution in [0.2, 0.25) is 0 Å². The van der Waals surface area contributed by atoms with Gasteiger partial charge in [-0.15, -0.1) is 0 Å². The van der Waals surface area contributed by atoms with Crippen molar-refractivity contribution < 1.29 is 9.21 Å². The summed E-state index contributed by atoms with van der Waals surface area (Å²) < 4.78 is 4.93. The first-order valence-electron chi connectivity index (χ1n) is 5.17. The summed E-state index contributed by atoms with van der Waals surface area (Å²) in [6.45, 7) is 0. The maximum atomic E-state index is 11.4. The Morgan fingerprint density at radius 3 is 2.65 bits per heavy atom. The van der Waals surface area contributed by atoms with E-state index in [4.69, 9.17) is 4.42 Å². The molecule has 0 aliphatic rings. The second-order valence-electron chi connectivity index (χ2n) is 3.32. The van der Waals surface area contributed by atoms with Crippen LogP contribution in [0.3, 0.4) is 0 Å². The molecule has 0 amide bonds. The number of hydrogen-bond acceptors (Lipinski definition) is 2. The highest BCUT2D eigenvalue weighted by molar-refractivity contribution is 6.07. The molecule has 0 saturated heterocycles. The Bertz CT molecular complexity index is 566. The molecule has 0 spiro atoms. The first-order valence-corrected chi connectivity index (χ1v) is 5.17. The first kappa shape index (κ1) is 11.0. The summed E-state index contributed by atoms with van der Waals surface area (Å²) in [5, 5.41) is 0. The van der Waals surface area contributed by atoms with E-state index in [1.807, 2.05) is 36.4 Å². The van der Waals surface area contributed by atoms with Gasteiger partial charge in [0, 0.05) is 0 Å². The third-order valence-electron chi connectivity index (χ3n) is 2.09. The molecule has 2 heteroatoms. The Labute approximate surface area is 99.6 Å². The molecule has 17 heavy (non-hydrogen) atoms. The van der Waals surface area contributed by atoms with Crippen molar-refractivity contribution in [1.29, 1.82) is 0 Å². The van der Waals surface area contributed by atoms with Crippen molar-refractivity contribution in [1.82, 2.24) is 0 Å². The van der Waals surface area contributed by atoms with Crippen molar-refractivity contribution in [3.8, 4) is 11.8 Å². The highest BCUT2D eigenvalue weighted by Gasteiger charge is 2.02. The topological polar surface area (TPSA) is 30.2 Å². The summed E-state index contributed by atoms with van der Waals surface area (Å²) in [5.74, 6) is 5.12. The van der Waals surface area contributed by atoms with Gasteiger partial charge >= 0.3 is 0 Å². The maximum absolute atomic E-state index is 11.4. The molecule has 0 fully saturated rings. The number of furan rings is 1. The van der Waals surface area contributed by atoms with Crippen LogP contribution in [0.25, 0.3) is 6.08 Å². The minimum Gasteiger partial charge on any atom is -0.460 e. The van der Waals surface area contributed by atoms with Crippen molar-refractivity contribution in [2.45, 2.75) is 0 Å². The molecule has 1 aromatic heterocycles. The van der Waals surface area contributed by atoms with Crippen LogP contribution in [0.5, 0.6) is 0 Å². The lowest BCUT2D eigenvalue weighted by atomic mass is 10.2. The Morgan fingerprint density at radius 1 is 1.12 bits per heavy atom. The monoisotopic (exact) mass is 222 g/mol. The maximum Gasteiger partial charge on any atom is 0.271 e. The van der Waals surface area contributed by atoms with Crippen molar-refractivity contribution in [3.05, 3.63) is 66.1 Å². The van der Waals surface area contributed by atoms with Gasteiger partial charge < -0.3 is 4.42 Å². The van der Waals surface area contributed by atoms with Gasteiger partial charge in [0.05, 0.1) is 6.26 Å². The van der Waals surface area contributed by atoms with E-state index < -0.39 is 0 Å². The lowest BCUT2D eigenvalue weighted by molar-refractivity contribution is 0.103. The molecule has 0 bridgehead atoms. The van der Waals surface area contributed by atoms with Gasteiger partial charge in [0.15, 0.2) is 5.76 Å². The van der Waals surface area contributed by atoms with Gasteiger partial charge in [0.1, 0.15) is 0 Å². The summed E-state index contributed by atoms with van der Waals surface area (Å²) in [6, 6.07) is 13.0. The van der Waals surface area contributed by atoms with Crippen LogP contribution in [-0.2, 0) is 0 Å². The predicted octanol–water partition coefficient (Wildman–Crippen LogP) is 3.18. The highest BCUT2D eigenvalue weighted by atomic mass is 16.3. The van der Waals surface area contributed by atoms with Crippen LogP contribution in [-0.4, -0.2) is 5.78 Å². The number of benzene rings is 1. The zero-order chi connectivity index (χ0) is 11.9. The summed E-state index contributed by atoms with van der Waals surface area (Å²) in [4.78, 5) is 11.4. The first-order chi connectivity index (χ1) is 8.36. The summed E-state index contributed by atoms with van der Waals surface area (Å²) in [7, 11) is 0. The van der Waals surface area contributed by atoms with E-state index in [1.54, 1.807) is 18.2 Å². The molecular weight excluding hydrogens is 212 g/mol. The lowest BCUT2D eigenvalue weighted by Gasteiger charge is -1.87. The Balaban J connectivity index is 2.00. The normalized spacial score (nSPS) is 9.88. The van der Waals surface area contributed by atoms with Gasteiger partial charge in [-0.25, -0.2) is 0 Å². The quantitative estimate of drug-likeness (QED) is 0.444. The SMILES string of the molecule is O=C(C#C/C=C/c1ccccc1)c1ccco1. The third kappa shape index (κ3) is 3.22. The number of Topliss-reactive ketones (excluding diaryl/α,β-unsaturated/α-hetero) is 1. The molecule has 0 aliphatic carbocycles. The van der Waals surface area contributed by atoms with E-state index in [0.29, 0.717) is 0 Å². The molecule has 0 unspecified atom stereocenters. The number of rotatable bonds is 2. The van der Waals surface area contributed by atoms with Crippen LogP contribution < -0.4 is 0 Å². The molecule has 2 rings (SSSR count). The Kier molecular flexibility index (Phi) is 3.57. The molecule has 82 valence electrons. The zero-order valence-electron chi connectivity index (χ0n) is 9.09. The molecule has 0 atom stereocenters. The lowest BCUT2D eigenvalue weighted by Crippen LogP contribution is -1.90. The van der Waals surface area contributed by atoms with Crippen LogP contribution in [0.15, 0.2) is 59.2 Å². The molecule has 2 aromatic rings.